The molecule has 0 spiro atoms. The molecule has 1 heterocycles. The fraction of sp³-hybridized carbons (Fsp3) is 0.812. The summed E-state index contributed by atoms with van der Waals surface area (Å²) in [5.41, 5.74) is 9.07. The molecule has 1 aliphatic heterocycles. The van der Waals surface area contributed by atoms with Crippen LogP contribution in [-0.2, 0) is 4.79 Å². The first-order valence-corrected chi connectivity index (χ1v) is 7.90. The van der Waals surface area contributed by atoms with E-state index in [1.54, 1.807) is 11.3 Å². The SMILES string of the molecule is CC12CCCCC1N(CCC(N)=O)C1=C2CCCC1. The Bertz CT molecular complexity index is 415. The molecule has 2 atom stereocenters. The minimum absolute atomic E-state index is 0.164. The number of hydrogen-bond donors (Lipinski definition) is 1. The third-order valence-electron chi connectivity index (χ3n) is 5.61. The Labute approximate surface area is 116 Å². The lowest BCUT2D eigenvalue weighted by Gasteiger charge is -2.42. The number of carbonyl (C=O) groups is 1. The molecule has 3 nitrogen and oxygen atoms in total. The lowest BCUT2D eigenvalue weighted by molar-refractivity contribution is -0.118. The van der Waals surface area contributed by atoms with Crippen molar-refractivity contribution in [2.24, 2.45) is 11.1 Å². The number of nitrogens with two attached hydrogens (primary N) is 1. The van der Waals surface area contributed by atoms with Gasteiger partial charge in [0.05, 0.1) is 0 Å². The maximum Gasteiger partial charge on any atom is 0.219 e. The summed E-state index contributed by atoms with van der Waals surface area (Å²) in [4.78, 5) is 13.7. The molecular formula is C16H26N2O. The summed E-state index contributed by atoms with van der Waals surface area (Å²) < 4.78 is 0. The van der Waals surface area contributed by atoms with Crippen LogP contribution in [0.25, 0.3) is 0 Å². The third kappa shape index (κ3) is 2.07. The van der Waals surface area contributed by atoms with Gasteiger partial charge in [0.25, 0.3) is 0 Å². The minimum atomic E-state index is -0.164. The highest BCUT2D eigenvalue weighted by Crippen LogP contribution is 2.55. The van der Waals surface area contributed by atoms with Gasteiger partial charge in [-0.2, -0.15) is 0 Å². The molecule has 2 unspecified atom stereocenters. The van der Waals surface area contributed by atoms with Crippen LogP contribution in [0.3, 0.4) is 0 Å². The molecule has 2 aliphatic carbocycles. The van der Waals surface area contributed by atoms with Crippen molar-refractivity contribution < 1.29 is 4.79 Å². The standard InChI is InChI=1S/C16H26N2O/c1-16-10-5-4-8-14(16)18(11-9-15(17)19)13-7-3-2-6-12(13)16/h14H,2-11H2,1H3,(H2,17,19). The molecule has 3 aliphatic rings. The molecule has 106 valence electrons. The van der Waals surface area contributed by atoms with Gasteiger partial charge in [0.2, 0.25) is 5.91 Å². The Hall–Kier alpha value is -0.990. The molecule has 19 heavy (non-hydrogen) atoms. The predicted octanol–water partition coefficient (Wildman–Crippen LogP) is 2.95. The largest absolute Gasteiger partial charge is 0.370 e. The Balaban J connectivity index is 1.89. The zero-order valence-corrected chi connectivity index (χ0v) is 12.1. The van der Waals surface area contributed by atoms with E-state index in [0.717, 1.165) is 6.54 Å². The van der Waals surface area contributed by atoms with Crippen LogP contribution in [0.1, 0.15) is 64.7 Å². The highest BCUT2D eigenvalue weighted by molar-refractivity contribution is 5.73. The van der Waals surface area contributed by atoms with Gasteiger partial charge >= 0.3 is 0 Å². The van der Waals surface area contributed by atoms with Gasteiger partial charge in [0, 0.05) is 30.1 Å². The summed E-state index contributed by atoms with van der Waals surface area (Å²) in [6.07, 6.45) is 11.0. The van der Waals surface area contributed by atoms with Crippen molar-refractivity contribution in [1.82, 2.24) is 4.90 Å². The molecule has 0 aromatic carbocycles. The summed E-state index contributed by atoms with van der Waals surface area (Å²) in [5, 5.41) is 0. The van der Waals surface area contributed by atoms with E-state index in [9.17, 15) is 4.79 Å². The van der Waals surface area contributed by atoms with Gasteiger partial charge in [-0.05, 0) is 44.1 Å². The summed E-state index contributed by atoms with van der Waals surface area (Å²) in [7, 11) is 0. The van der Waals surface area contributed by atoms with Gasteiger partial charge in [-0.1, -0.05) is 19.8 Å². The maximum absolute atomic E-state index is 11.1. The molecule has 0 bridgehead atoms. The first-order chi connectivity index (χ1) is 9.13. The van der Waals surface area contributed by atoms with Crippen molar-refractivity contribution in [3.63, 3.8) is 0 Å². The molecule has 1 fully saturated rings. The van der Waals surface area contributed by atoms with E-state index >= 15 is 0 Å². The first kappa shape index (κ1) is 13.0. The number of rotatable bonds is 3. The summed E-state index contributed by atoms with van der Waals surface area (Å²) in [5.74, 6) is -0.164. The lowest BCUT2D eigenvalue weighted by Crippen LogP contribution is -2.43. The molecule has 0 aromatic heterocycles. The van der Waals surface area contributed by atoms with E-state index in [2.05, 4.69) is 11.8 Å². The summed E-state index contributed by atoms with van der Waals surface area (Å²) in [6.45, 7) is 3.32. The molecule has 2 N–H and O–H groups in total. The predicted molar refractivity (Wildman–Crippen MR) is 76.4 cm³/mol. The highest BCUT2D eigenvalue weighted by Gasteiger charge is 2.49. The van der Waals surface area contributed by atoms with Gasteiger partial charge in [-0.15, -0.1) is 0 Å². The van der Waals surface area contributed by atoms with Gasteiger partial charge in [-0.25, -0.2) is 0 Å². The van der Waals surface area contributed by atoms with Crippen LogP contribution in [0.4, 0.5) is 0 Å². The van der Waals surface area contributed by atoms with E-state index in [1.807, 2.05) is 0 Å². The Morgan fingerprint density at radius 3 is 2.89 bits per heavy atom. The van der Waals surface area contributed by atoms with Gasteiger partial charge in [0.15, 0.2) is 0 Å². The summed E-state index contributed by atoms with van der Waals surface area (Å²) >= 11 is 0. The minimum Gasteiger partial charge on any atom is -0.370 e. The normalized spacial score (nSPS) is 34.2. The maximum atomic E-state index is 11.1. The van der Waals surface area contributed by atoms with E-state index < -0.39 is 0 Å². The lowest BCUT2D eigenvalue weighted by atomic mass is 9.67. The molecule has 3 rings (SSSR count). The topological polar surface area (TPSA) is 46.3 Å². The van der Waals surface area contributed by atoms with E-state index in [0.29, 0.717) is 17.9 Å². The van der Waals surface area contributed by atoms with Gasteiger partial charge in [0.1, 0.15) is 0 Å². The van der Waals surface area contributed by atoms with Crippen molar-refractivity contribution in [1.29, 1.82) is 0 Å². The second-order valence-electron chi connectivity index (χ2n) is 6.72. The van der Waals surface area contributed by atoms with Gasteiger partial charge in [-0.3, -0.25) is 4.79 Å². The number of amides is 1. The van der Waals surface area contributed by atoms with E-state index in [4.69, 9.17) is 5.73 Å². The fourth-order valence-corrected chi connectivity index (χ4v) is 4.70. The second-order valence-corrected chi connectivity index (χ2v) is 6.72. The number of carbonyl (C=O) groups excluding carboxylic acids is 1. The second kappa shape index (κ2) is 4.84. The van der Waals surface area contributed by atoms with Crippen molar-refractivity contribution >= 4 is 5.91 Å². The number of fused-ring (bicyclic) bond motifs is 2. The van der Waals surface area contributed by atoms with E-state index in [1.165, 1.54) is 51.4 Å². The molecular weight excluding hydrogens is 236 g/mol. The van der Waals surface area contributed by atoms with Crippen molar-refractivity contribution in [3.8, 4) is 0 Å². The number of nitrogens with zero attached hydrogens (tertiary/aromatic N) is 1. The van der Waals surface area contributed by atoms with Crippen LogP contribution in [0, 0.1) is 5.41 Å². The van der Waals surface area contributed by atoms with E-state index in [-0.39, 0.29) is 5.91 Å². The average Bonchev–Trinajstić information content (AvgIpc) is 2.66. The van der Waals surface area contributed by atoms with Crippen LogP contribution < -0.4 is 5.73 Å². The molecule has 1 saturated carbocycles. The Morgan fingerprint density at radius 2 is 2.11 bits per heavy atom. The molecule has 0 aromatic rings. The van der Waals surface area contributed by atoms with Crippen LogP contribution in [0.15, 0.2) is 11.3 Å². The molecule has 3 heteroatoms. The summed E-state index contributed by atoms with van der Waals surface area (Å²) in [6, 6.07) is 0.642. The smallest absolute Gasteiger partial charge is 0.219 e. The zero-order valence-electron chi connectivity index (χ0n) is 12.1. The highest BCUT2D eigenvalue weighted by atomic mass is 16.1. The van der Waals surface area contributed by atoms with Crippen LogP contribution in [0.5, 0.6) is 0 Å². The van der Waals surface area contributed by atoms with Crippen LogP contribution >= 0.6 is 0 Å². The quantitative estimate of drug-likeness (QED) is 0.850. The Kier molecular flexibility index (Phi) is 3.32. The van der Waals surface area contributed by atoms with Crippen LogP contribution in [0.2, 0.25) is 0 Å². The van der Waals surface area contributed by atoms with Crippen molar-refractivity contribution in [3.05, 3.63) is 11.3 Å². The monoisotopic (exact) mass is 262 g/mol. The van der Waals surface area contributed by atoms with Crippen molar-refractivity contribution in [2.75, 3.05) is 6.54 Å². The van der Waals surface area contributed by atoms with Gasteiger partial charge < -0.3 is 10.6 Å². The van der Waals surface area contributed by atoms with Crippen molar-refractivity contribution in [2.45, 2.75) is 70.8 Å². The molecule has 1 amide bonds. The van der Waals surface area contributed by atoms with Crippen LogP contribution in [-0.4, -0.2) is 23.4 Å². The number of primary amides is 1. The Morgan fingerprint density at radius 1 is 1.32 bits per heavy atom. The number of allylic oxidation sites excluding steroid dienone is 1. The zero-order chi connectivity index (χ0) is 13.5. The average molecular weight is 262 g/mol. The first-order valence-electron chi connectivity index (χ1n) is 7.90. The molecule has 0 saturated heterocycles. The number of hydrogen-bond acceptors (Lipinski definition) is 2. The molecule has 0 radical (unpaired) electrons. The fourth-order valence-electron chi connectivity index (χ4n) is 4.70. The third-order valence-corrected chi connectivity index (χ3v) is 5.61.